The summed E-state index contributed by atoms with van der Waals surface area (Å²) >= 11 is 0. The van der Waals surface area contributed by atoms with Crippen LogP contribution in [0.3, 0.4) is 0 Å². The molecule has 0 unspecified atom stereocenters. The van der Waals surface area contributed by atoms with E-state index < -0.39 is 16.0 Å². The van der Waals surface area contributed by atoms with Gasteiger partial charge in [0.25, 0.3) is 0 Å². The van der Waals surface area contributed by atoms with Gasteiger partial charge in [0.1, 0.15) is 6.04 Å². The smallest absolute Gasteiger partial charge is 0.338 e. The van der Waals surface area contributed by atoms with Gasteiger partial charge in [-0.05, 0) is 38.1 Å². The summed E-state index contributed by atoms with van der Waals surface area (Å²) in [6, 6.07) is 16.6. The number of carbonyl (C=O) groups is 1. The van der Waals surface area contributed by atoms with Crippen molar-refractivity contribution in [1.29, 1.82) is 0 Å². The van der Waals surface area contributed by atoms with E-state index in [9.17, 15) is 13.2 Å². The molecule has 7 heteroatoms. The lowest BCUT2D eigenvalue weighted by Gasteiger charge is -2.35. The quantitative estimate of drug-likeness (QED) is 0.743. The molecule has 0 aromatic heterocycles. The highest BCUT2D eigenvalue weighted by Crippen LogP contribution is 2.17. The van der Waals surface area contributed by atoms with Gasteiger partial charge in [-0.3, -0.25) is 0 Å². The van der Waals surface area contributed by atoms with E-state index in [-0.39, 0.29) is 11.5 Å². The Labute approximate surface area is 166 Å². The highest BCUT2D eigenvalue weighted by Gasteiger charge is 2.32. The van der Waals surface area contributed by atoms with E-state index in [0.717, 1.165) is 13.1 Å². The minimum absolute atomic E-state index is 0.208. The van der Waals surface area contributed by atoms with Gasteiger partial charge in [0.15, 0.2) is 0 Å². The molecule has 1 saturated heterocycles. The SMILES string of the molecule is CCOC(=O)c1ccc(S(=O)(=O)N2CC[NH+]([C@@H](C)c3ccccc3)CC2)cc1. The Hall–Kier alpha value is -2.22. The van der Waals surface area contributed by atoms with Gasteiger partial charge in [0, 0.05) is 5.56 Å². The summed E-state index contributed by atoms with van der Waals surface area (Å²) in [4.78, 5) is 13.3. The normalized spacial score (nSPS) is 17.2. The largest absolute Gasteiger partial charge is 0.462 e. The standard InChI is InChI=1S/C21H26N2O4S/c1-3-27-21(24)19-9-11-20(12-10-19)28(25,26)23-15-13-22(14-16-23)17(2)18-7-5-4-6-8-18/h4-12,17H,3,13-16H2,1-2H3/p+1/t17-/m0/s1. The van der Waals surface area contributed by atoms with Crippen LogP contribution in [0.2, 0.25) is 0 Å². The Morgan fingerprint density at radius 1 is 1.07 bits per heavy atom. The van der Waals surface area contributed by atoms with Crippen LogP contribution in [-0.4, -0.2) is 51.5 Å². The maximum absolute atomic E-state index is 12.9. The maximum atomic E-state index is 12.9. The van der Waals surface area contributed by atoms with E-state index >= 15 is 0 Å². The Kier molecular flexibility index (Phi) is 6.49. The number of rotatable bonds is 6. The topological polar surface area (TPSA) is 68.1 Å². The van der Waals surface area contributed by atoms with Crippen molar-refractivity contribution in [3.63, 3.8) is 0 Å². The molecule has 28 heavy (non-hydrogen) atoms. The van der Waals surface area contributed by atoms with E-state index in [0.29, 0.717) is 24.7 Å². The van der Waals surface area contributed by atoms with Crippen molar-refractivity contribution < 1.29 is 22.8 Å². The molecule has 0 amide bonds. The van der Waals surface area contributed by atoms with Gasteiger partial charge in [0.2, 0.25) is 10.0 Å². The van der Waals surface area contributed by atoms with Crippen LogP contribution in [0.15, 0.2) is 59.5 Å². The molecule has 1 N–H and O–H groups in total. The van der Waals surface area contributed by atoms with E-state index in [1.807, 2.05) is 18.2 Å². The molecule has 0 aliphatic carbocycles. The predicted molar refractivity (Wildman–Crippen MR) is 107 cm³/mol. The first-order chi connectivity index (χ1) is 13.4. The lowest BCUT2D eigenvalue weighted by atomic mass is 10.1. The van der Waals surface area contributed by atoms with Crippen LogP contribution >= 0.6 is 0 Å². The third-order valence-corrected chi connectivity index (χ3v) is 7.19. The zero-order chi connectivity index (χ0) is 20.1. The van der Waals surface area contributed by atoms with Crippen LogP contribution in [0, 0.1) is 0 Å². The van der Waals surface area contributed by atoms with Crippen LogP contribution in [0.1, 0.15) is 35.8 Å². The van der Waals surface area contributed by atoms with Gasteiger partial charge in [-0.1, -0.05) is 30.3 Å². The summed E-state index contributed by atoms with van der Waals surface area (Å²) in [5, 5.41) is 0. The Morgan fingerprint density at radius 3 is 2.25 bits per heavy atom. The molecule has 0 radical (unpaired) electrons. The molecular formula is C21H27N2O4S+. The zero-order valence-corrected chi connectivity index (χ0v) is 17.1. The summed E-state index contributed by atoms with van der Waals surface area (Å²) in [6.45, 7) is 6.68. The summed E-state index contributed by atoms with van der Waals surface area (Å²) in [6.07, 6.45) is 0. The highest BCUT2D eigenvalue weighted by molar-refractivity contribution is 7.89. The van der Waals surface area contributed by atoms with E-state index in [1.54, 1.807) is 6.92 Å². The van der Waals surface area contributed by atoms with Crippen molar-refractivity contribution in [1.82, 2.24) is 4.31 Å². The molecular weight excluding hydrogens is 376 g/mol. The van der Waals surface area contributed by atoms with Crippen LogP contribution in [0.4, 0.5) is 0 Å². The average molecular weight is 404 g/mol. The molecule has 3 rings (SSSR count). The van der Waals surface area contributed by atoms with Crippen molar-refractivity contribution in [2.75, 3.05) is 32.8 Å². The van der Waals surface area contributed by atoms with Crippen molar-refractivity contribution in [2.24, 2.45) is 0 Å². The van der Waals surface area contributed by atoms with Crippen LogP contribution in [0.25, 0.3) is 0 Å². The number of carbonyl (C=O) groups excluding carboxylic acids is 1. The molecule has 2 aromatic carbocycles. The predicted octanol–water partition coefficient (Wildman–Crippen LogP) is 1.51. The number of nitrogens with one attached hydrogen (secondary N) is 1. The molecule has 2 aromatic rings. The van der Waals surface area contributed by atoms with Gasteiger partial charge in [-0.15, -0.1) is 0 Å². The fraction of sp³-hybridized carbons (Fsp3) is 0.381. The van der Waals surface area contributed by atoms with Crippen molar-refractivity contribution in [3.05, 3.63) is 65.7 Å². The third-order valence-electron chi connectivity index (χ3n) is 5.28. The van der Waals surface area contributed by atoms with E-state index in [2.05, 4.69) is 19.1 Å². The zero-order valence-electron chi connectivity index (χ0n) is 16.3. The molecule has 0 bridgehead atoms. The number of nitrogens with zero attached hydrogens (tertiary/aromatic N) is 1. The van der Waals surface area contributed by atoms with Gasteiger partial charge in [-0.25, -0.2) is 13.2 Å². The van der Waals surface area contributed by atoms with Gasteiger partial charge < -0.3 is 9.64 Å². The molecule has 150 valence electrons. The van der Waals surface area contributed by atoms with Crippen LogP contribution < -0.4 is 4.90 Å². The van der Waals surface area contributed by atoms with Crippen molar-refractivity contribution in [2.45, 2.75) is 24.8 Å². The molecule has 0 saturated carbocycles. The molecule has 1 aliphatic rings. The van der Waals surface area contributed by atoms with Crippen LogP contribution in [-0.2, 0) is 14.8 Å². The number of ether oxygens (including phenoxy) is 1. The number of piperazine rings is 1. The van der Waals surface area contributed by atoms with E-state index in [4.69, 9.17) is 4.74 Å². The Bertz CT molecular complexity index is 890. The fourth-order valence-corrected chi connectivity index (χ4v) is 4.99. The van der Waals surface area contributed by atoms with Crippen molar-refractivity contribution >= 4 is 16.0 Å². The number of hydrogen-bond acceptors (Lipinski definition) is 4. The van der Waals surface area contributed by atoms with E-state index in [1.165, 1.54) is 39.0 Å². The fourth-order valence-electron chi connectivity index (χ4n) is 3.55. The lowest BCUT2D eigenvalue weighted by Crippen LogP contribution is -3.14. The molecule has 1 aliphatic heterocycles. The third kappa shape index (κ3) is 4.43. The van der Waals surface area contributed by atoms with Crippen molar-refractivity contribution in [3.8, 4) is 0 Å². The summed E-state index contributed by atoms with van der Waals surface area (Å²) in [5.41, 5.74) is 1.62. The number of quaternary nitrogens is 1. The maximum Gasteiger partial charge on any atom is 0.338 e. The molecule has 0 spiro atoms. The first kappa shape index (κ1) is 20.5. The highest BCUT2D eigenvalue weighted by atomic mass is 32.2. The second-order valence-corrected chi connectivity index (χ2v) is 8.88. The monoisotopic (exact) mass is 403 g/mol. The summed E-state index contributed by atoms with van der Waals surface area (Å²) in [5.74, 6) is -0.446. The molecule has 1 atom stereocenters. The lowest BCUT2D eigenvalue weighted by molar-refractivity contribution is -0.933. The molecule has 6 nitrogen and oxygen atoms in total. The number of sulfonamides is 1. The van der Waals surface area contributed by atoms with Gasteiger partial charge >= 0.3 is 5.97 Å². The number of benzene rings is 2. The second kappa shape index (κ2) is 8.86. The van der Waals surface area contributed by atoms with Gasteiger partial charge in [0.05, 0.1) is 43.2 Å². The summed E-state index contributed by atoms with van der Waals surface area (Å²) < 4.78 is 32.4. The minimum atomic E-state index is -3.56. The Balaban J connectivity index is 1.65. The van der Waals surface area contributed by atoms with Gasteiger partial charge in [-0.2, -0.15) is 4.31 Å². The molecule has 1 fully saturated rings. The Morgan fingerprint density at radius 2 is 1.68 bits per heavy atom. The number of esters is 1. The summed E-state index contributed by atoms with van der Waals surface area (Å²) in [7, 11) is -3.56. The molecule has 1 heterocycles. The first-order valence-electron chi connectivity index (χ1n) is 9.60. The van der Waals surface area contributed by atoms with Crippen LogP contribution in [0.5, 0.6) is 0 Å². The minimum Gasteiger partial charge on any atom is -0.462 e. The average Bonchev–Trinajstić information content (AvgIpc) is 2.74. The second-order valence-electron chi connectivity index (χ2n) is 6.94. The number of hydrogen-bond donors (Lipinski definition) is 1. The first-order valence-corrected chi connectivity index (χ1v) is 11.0.